The zero-order valence-electron chi connectivity index (χ0n) is 9.37. The van der Waals surface area contributed by atoms with Crippen molar-refractivity contribution in [1.29, 1.82) is 0 Å². The fourth-order valence-corrected chi connectivity index (χ4v) is 2.37. The molecule has 1 aromatic carbocycles. The van der Waals surface area contributed by atoms with E-state index >= 15 is 0 Å². The zero-order valence-corrected chi connectivity index (χ0v) is 9.37. The second-order valence-corrected chi connectivity index (χ2v) is 4.53. The van der Waals surface area contributed by atoms with Gasteiger partial charge in [0.05, 0.1) is 0 Å². The highest BCUT2D eigenvalue weighted by Gasteiger charge is 2.14. The Bertz CT molecular complexity index is 497. The topological polar surface area (TPSA) is 45.1 Å². The van der Waals surface area contributed by atoms with Gasteiger partial charge in [-0.05, 0) is 43.6 Å². The number of nitrogens with two attached hydrogens (primary N) is 1. The third-order valence-electron chi connectivity index (χ3n) is 3.47. The van der Waals surface area contributed by atoms with E-state index in [0.29, 0.717) is 0 Å². The molecule has 0 atom stereocenters. The Labute approximate surface area is 95.2 Å². The van der Waals surface area contributed by atoms with E-state index in [4.69, 9.17) is 5.73 Å². The van der Waals surface area contributed by atoms with Gasteiger partial charge in [0.15, 0.2) is 0 Å². The molecule has 1 aromatic heterocycles. The Hall–Kier alpha value is -1.48. The molecule has 3 nitrogen and oxygen atoms in total. The number of anilines is 1. The number of nitrogens with one attached hydrogen (secondary N) is 1. The average molecular weight is 215 g/mol. The zero-order chi connectivity index (χ0) is 11.0. The molecule has 0 radical (unpaired) electrons. The summed E-state index contributed by atoms with van der Waals surface area (Å²) in [5.41, 5.74) is 9.41. The van der Waals surface area contributed by atoms with Crippen molar-refractivity contribution in [1.82, 2.24) is 9.88 Å². The van der Waals surface area contributed by atoms with Gasteiger partial charge in [0.2, 0.25) is 0 Å². The Morgan fingerprint density at radius 1 is 1.31 bits per heavy atom. The second-order valence-electron chi connectivity index (χ2n) is 4.53. The number of aromatic nitrogens is 1. The minimum Gasteiger partial charge on any atom is -0.398 e. The number of hydrogen-bond acceptors (Lipinski definition) is 2. The molecule has 3 rings (SSSR count). The monoisotopic (exact) mass is 215 g/mol. The van der Waals surface area contributed by atoms with Crippen molar-refractivity contribution < 1.29 is 0 Å². The van der Waals surface area contributed by atoms with E-state index in [-0.39, 0.29) is 0 Å². The number of aromatic amines is 1. The second kappa shape index (κ2) is 3.83. The van der Waals surface area contributed by atoms with E-state index in [9.17, 15) is 0 Å². The predicted octanol–water partition coefficient (Wildman–Crippen LogP) is 2.00. The van der Waals surface area contributed by atoms with Crippen LogP contribution in [0.5, 0.6) is 0 Å². The van der Waals surface area contributed by atoms with Crippen LogP contribution in [0.25, 0.3) is 10.9 Å². The summed E-state index contributed by atoms with van der Waals surface area (Å²) in [6.07, 6.45) is 4.55. The van der Waals surface area contributed by atoms with Crippen LogP contribution >= 0.6 is 0 Å². The Balaban J connectivity index is 1.85. The van der Waals surface area contributed by atoms with E-state index in [2.05, 4.69) is 22.1 Å². The maximum absolute atomic E-state index is 6.02. The van der Waals surface area contributed by atoms with E-state index in [0.717, 1.165) is 24.2 Å². The molecule has 3 heteroatoms. The first-order chi connectivity index (χ1) is 7.84. The molecule has 16 heavy (non-hydrogen) atoms. The minimum atomic E-state index is 0.886. The van der Waals surface area contributed by atoms with Crippen LogP contribution in [0.2, 0.25) is 0 Å². The van der Waals surface area contributed by atoms with Crippen LogP contribution in [0.3, 0.4) is 0 Å². The number of rotatable bonds is 3. The van der Waals surface area contributed by atoms with Crippen molar-refractivity contribution in [3.05, 3.63) is 30.0 Å². The molecule has 1 aliphatic rings. The first-order valence-electron chi connectivity index (χ1n) is 5.91. The van der Waals surface area contributed by atoms with Crippen molar-refractivity contribution in [3.8, 4) is 0 Å². The van der Waals surface area contributed by atoms with Gasteiger partial charge in [0.25, 0.3) is 0 Å². The van der Waals surface area contributed by atoms with Gasteiger partial charge in [-0.15, -0.1) is 0 Å². The van der Waals surface area contributed by atoms with Crippen LogP contribution in [0.1, 0.15) is 12.0 Å². The van der Waals surface area contributed by atoms with Gasteiger partial charge in [-0.3, -0.25) is 0 Å². The van der Waals surface area contributed by atoms with Crippen LogP contribution in [-0.2, 0) is 6.42 Å². The molecular weight excluding hydrogens is 198 g/mol. The lowest BCUT2D eigenvalue weighted by atomic mass is 10.1. The number of nitrogens with zero attached hydrogens (tertiary/aromatic N) is 1. The van der Waals surface area contributed by atoms with E-state index < -0.39 is 0 Å². The number of fused-ring (bicyclic) bond motifs is 1. The molecule has 84 valence electrons. The SMILES string of the molecule is Nc1cccc2[nH]cc(CCN3CCC3)c12. The predicted molar refractivity (Wildman–Crippen MR) is 67.5 cm³/mol. The van der Waals surface area contributed by atoms with Crippen molar-refractivity contribution in [3.63, 3.8) is 0 Å². The molecule has 0 spiro atoms. The van der Waals surface area contributed by atoms with Gasteiger partial charge in [-0.2, -0.15) is 0 Å². The summed E-state index contributed by atoms with van der Waals surface area (Å²) >= 11 is 0. The molecule has 0 bridgehead atoms. The fraction of sp³-hybridized carbons (Fsp3) is 0.385. The number of likely N-dealkylation sites (tertiary alicyclic amines) is 1. The molecule has 0 unspecified atom stereocenters. The highest BCUT2D eigenvalue weighted by Crippen LogP contribution is 2.25. The number of benzene rings is 1. The van der Waals surface area contributed by atoms with Gasteiger partial charge in [-0.1, -0.05) is 6.07 Å². The molecule has 1 saturated heterocycles. The fourth-order valence-electron chi connectivity index (χ4n) is 2.37. The van der Waals surface area contributed by atoms with E-state index in [1.54, 1.807) is 0 Å². The Kier molecular flexibility index (Phi) is 2.33. The summed E-state index contributed by atoms with van der Waals surface area (Å²) in [6, 6.07) is 6.05. The van der Waals surface area contributed by atoms with E-state index in [1.807, 2.05) is 12.1 Å². The van der Waals surface area contributed by atoms with Gasteiger partial charge in [0.1, 0.15) is 0 Å². The lowest BCUT2D eigenvalue weighted by Gasteiger charge is -2.30. The average Bonchev–Trinajstić information content (AvgIpc) is 2.61. The maximum Gasteiger partial charge on any atom is 0.0477 e. The summed E-state index contributed by atoms with van der Waals surface area (Å²) < 4.78 is 0. The number of hydrogen-bond donors (Lipinski definition) is 2. The quantitative estimate of drug-likeness (QED) is 0.769. The van der Waals surface area contributed by atoms with Crippen molar-refractivity contribution in [2.75, 3.05) is 25.4 Å². The largest absolute Gasteiger partial charge is 0.398 e. The molecule has 2 heterocycles. The van der Waals surface area contributed by atoms with E-state index in [1.165, 1.54) is 30.5 Å². The van der Waals surface area contributed by atoms with Gasteiger partial charge in [0, 0.05) is 29.3 Å². The van der Waals surface area contributed by atoms with Crippen LogP contribution in [-0.4, -0.2) is 29.5 Å². The molecule has 1 fully saturated rings. The third-order valence-corrected chi connectivity index (χ3v) is 3.47. The Morgan fingerprint density at radius 2 is 2.19 bits per heavy atom. The molecule has 1 aliphatic heterocycles. The molecule has 3 N–H and O–H groups in total. The molecule has 0 amide bonds. The number of nitrogen functional groups attached to an aromatic ring is 1. The summed E-state index contributed by atoms with van der Waals surface area (Å²) in [4.78, 5) is 5.77. The summed E-state index contributed by atoms with van der Waals surface area (Å²) in [6.45, 7) is 3.68. The molecule has 2 aromatic rings. The highest BCUT2D eigenvalue weighted by atomic mass is 15.2. The van der Waals surface area contributed by atoms with Gasteiger partial charge < -0.3 is 15.6 Å². The standard InChI is InChI=1S/C13H17N3/c14-11-3-1-4-12-13(11)10(9-15-12)5-8-16-6-2-7-16/h1,3-4,9,15H,2,5-8,14H2. The van der Waals surface area contributed by atoms with Crippen molar-refractivity contribution in [2.45, 2.75) is 12.8 Å². The van der Waals surface area contributed by atoms with Gasteiger partial charge >= 0.3 is 0 Å². The summed E-state index contributed by atoms with van der Waals surface area (Å²) in [5, 5.41) is 1.21. The van der Waals surface area contributed by atoms with Crippen LogP contribution < -0.4 is 5.73 Å². The minimum absolute atomic E-state index is 0.886. The first kappa shape index (κ1) is 9.73. The lowest BCUT2D eigenvalue weighted by Crippen LogP contribution is -2.38. The number of H-pyrrole nitrogens is 1. The smallest absolute Gasteiger partial charge is 0.0477 e. The van der Waals surface area contributed by atoms with Crippen LogP contribution in [0.15, 0.2) is 24.4 Å². The Morgan fingerprint density at radius 3 is 2.94 bits per heavy atom. The van der Waals surface area contributed by atoms with Gasteiger partial charge in [-0.25, -0.2) is 0 Å². The maximum atomic E-state index is 6.02. The first-order valence-corrected chi connectivity index (χ1v) is 5.91. The van der Waals surface area contributed by atoms with Crippen LogP contribution in [0, 0.1) is 0 Å². The van der Waals surface area contributed by atoms with Crippen molar-refractivity contribution in [2.24, 2.45) is 0 Å². The summed E-state index contributed by atoms with van der Waals surface area (Å²) in [7, 11) is 0. The molecule has 0 saturated carbocycles. The molecule has 0 aliphatic carbocycles. The molecular formula is C13H17N3. The van der Waals surface area contributed by atoms with Crippen LogP contribution in [0.4, 0.5) is 5.69 Å². The highest BCUT2D eigenvalue weighted by molar-refractivity contribution is 5.93. The lowest BCUT2D eigenvalue weighted by molar-refractivity contribution is 0.184. The summed E-state index contributed by atoms with van der Waals surface area (Å²) in [5.74, 6) is 0. The normalized spacial score (nSPS) is 16.5. The van der Waals surface area contributed by atoms with Crippen molar-refractivity contribution >= 4 is 16.6 Å². The third kappa shape index (κ3) is 1.57.